The average Bonchev–Trinajstić information content (AvgIpc) is 2.97. The van der Waals surface area contributed by atoms with Crippen LogP contribution in [0.1, 0.15) is 23.7 Å². The van der Waals surface area contributed by atoms with Gasteiger partial charge < -0.3 is 5.32 Å². The van der Waals surface area contributed by atoms with Gasteiger partial charge in [-0.15, -0.1) is 0 Å². The van der Waals surface area contributed by atoms with Crippen LogP contribution >= 0.6 is 11.6 Å². The fraction of sp³-hybridized carbons (Fsp3) is 0.273. The third kappa shape index (κ3) is 4.61. The van der Waals surface area contributed by atoms with E-state index < -0.39 is 0 Å². The first kappa shape index (κ1) is 20.1. The average molecular weight is 397 g/mol. The smallest absolute Gasteiger partial charge is 0.238 e. The molecule has 6 heteroatoms. The summed E-state index contributed by atoms with van der Waals surface area (Å²) < 4.78 is 1.73. The molecule has 0 saturated carbocycles. The Labute approximate surface area is 170 Å². The first-order valence-corrected chi connectivity index (χ1v) is 9.73. The minimum atomic E-state index is -0.0485. The summed E-state index contributed by atoms with van der Waals surface area (Å²) in [6.45, 7) is 4.82. The van der Waals surface area contributed by atoms with Crippen molar-refractivity contribution in [3.8, 4) is 5.69 Å². The molecule has 0 saturated heterocycles. The van der Waals surface area contributed by atoms with E-state index in [0.717, 1.165) is 34.6 Å². The van der Waals surface area contributed by atoms with E-state index in [0.29, 0.717) is 11.7 Å². The van der Waals surface area contributed by atoms with E-state index >= 15 is 0 Å². The summed E-state index contributed by atoms with van der Waals surface area (Å²) >= 11 is 6.59. The second-order valence-corrected chi connectivity index (χ2v) is 7.19. The minimum Gasteiger partial charge on any atom is -0.325 e. The quantitative estimate of drug-likeness (QED) is 0.641. The number of anilines is 1. The topological polar surface area (TPSA) is 50.2 Å². The van der Waals surface area contributed by atoms with E-state index in [2.05, 4.69) is 17.3 Å². The van der Waals surface area contributed by atoms with E-state index in [1.807, 2.05) is 73.5 Å². The first-order valence-electron chi connectivity index (χ1n) is 9.35. The van der Waals surface area contributed by atoms with Gasteiger partial charge in [0.05, 0.1) is 17.9 Å². The molecule has 1 aromatic heterocycles. The number of amides is 1. The van der Waals surface area contributed by atoms with E-state index in [9.17, 15) is 4.79 Å². The Kier molecular flexibility index (Phi) is 6.49. The molecule has 0 aliphatic rings. The fourth-order valence-electron chi connectivity index (χ4n) is 3.16. The number of carbonyl (C=O) groups excluding carboxylic acids is 1. The maximum Gasteiger partial charge on any atom is 0.238 e. The van der Waals surface area contributed by atoms with Crippen LogP contribution < -0.4 is 5.32 Å². The minimum absolute atomic E-state index is 0.0485. The van der Waals surface area contributed by atoms with Gasteiger partial charge in [0.25, 0.3) is 0 Å². The third-order valence-corrected chi connectivity index (χ3v) is 5.02. The molecule has 0 radical (unpaired) electrons. The summed E-state index contributed by atoms with van der Waals surface area (Å²) in [6, 6.07) is 17.7. The van der Waals surface area contributed by atoms with E-state index in [1.54, 1.807) is 4.68 Å². The van der Waals surface area contributed by atoms with Crippen molar-refractivity contribution in [3.05, 3.63) is 76.6 Å². The van der Waals surface area contributed by atoms with Crippen LogP contribution in [0.2, 0.25) is 5.15 Å². The van der Waals surface area contributed by atoms with Crippen LogP contribution in [0.3, 0.4) is 0 Å². The molecule has 0 aliphatic carbocycles. The number of aryl methyl sites for hydroxylation is 2. The Morgan fingerprint density at radius 3 is 2.54 bits per heavy atom. The van der Waals surface area contributed by atoms with E-state index in [-0.39, 0.29) is 12.5 Å². The zero-order valence-corrected chi connectivity index (χ0v) is 17.2. The van der Waals surface area contributed by atoms with Gasteiger partial charge >= 0.3 is 0 Å². The molecule has 0 aliphatic heterocycles. The number of hydrogen-bond acceptors (Lipinski definition) is 3. The highest BCUT2D eigenvalue weighted by molar-refractivity contribution is 6.30. The highest BCUT2D eigenvalue weighted by atomic mass is 35.5. The van der Waals surface area contributed by atoms with E-state index in [4.69, 9.17) is 11.6 Å². The number of nitrogens with zero attached hydrogens (tertiary/aromatic N) is 3. The number of likely N-dealkylation sites (N-methyl/N-ethyl adjacent to an activating group) is 1. The molecule has 1 amide bonds. The molecule has 0 atom stereocenters. The van der Waals surface area contributed by atoms with Crippen molar-refractivity contribution in [1.29, 1.82) is 0 Å². The van der Waals surface area contributed by atoms with Crippen LogP contribution in [0.25, 0.3) is 5.69 Å². The lowest BCUT2D eigenvalue weighted by Gasteiger charge is -2.17. The van der Waals surface area contributed by atoms with Crippen LogP contribution in [-0.4, -0.2) is 34.2 Å². The summed E-state index contributed by atoms with van der Waals surface area (Å²) in [6.07, 6.45) is 0.875. The van der Waals surface area contributed by atoms with Gasteiger partial charge in [-0.1, -0.05) is 54.9 Å². The van der Waals surface area contributed by atoms with Gasteiger partial charge in [-0.3, -0.25) is 9.69 Å². The molecule has 3 rings (SSSR count). The normalized spacial score (nSPS) is 11.0. The van der Waals surface area contributed by atoms with Gasteiger partial charge in [0, 0.05) is 17.8 Å². The van der Waals surface area contributed by atoms with Crippen molar-refractivity contribution >= 4 is 23.2 Å². The van der Waals surface area contributed by atoms with Crippen LogP contribution in [0.5, 0.6) is 0 Å². The molecule has 1 heterocycles. The number of benzene rings is 2. The lowest BCUT2D eigenvalue weighted by molar-refractivity contribution is -0.117. The molecule has 0 bridgehead atoms. The van der Waals surface area contributed by atoms with Gasteiger partial charge in [0.2, 0.25) is 5.91 Å². The number of aromatic nitrogens is 2. The number of carbonyl (C=O) groups is 1. The van der Waals surface area contributed by atoms with Gasteiger partial charge in [-0.25, -0.2) is 4.68 Å². The molecule has 0 fully saturated rings. The molecular weight excluding hydrogens is 372 g/mol. The fourth-order valence-corrected chi connectivity index (χ4v) is 3.49. The number of para-hydroxylation sites is 2. The van der Waals surface area contributed by atoms with Crippen LogP contribution in [-0.2, 0) is 17.8 Å². The number of halogens is 1. The molecule has 2 aromatic carbocycles. The molecule has 5 nitrogen and oxygen atoms in total. The summed E-state index contributed by atoms with van der Waals surface area (Å²) in [5, 5.41) is 8.14. The lowest BCUT2D eigenvalue weighted by atomic mass is 10.1. The van der Waals surface area contributed by atoms with Gasteiger partial charge in [0.15, 0.2) is 0 Å². The zero-order chi connectivity index (χ0) is 20.1. The van der Waals surface area contributed by atoms with Crippen molar-refractivity contribution in [2.75, 3.05) is 18.9 Å². The van der Waals surface area contributed by atoms with Gasteiger partial charge in [-0.2, -0.15) is 5.10 Å². The number of nitrogens with one attached hydrogen (secondary N) is 1. The Balaban J connectivity index is 1.67. The van der Waals surface area contributed by atoms with Crippen LogP contribution in [0, 0.1) is 6.92 Å². The van der Waals surface area contributed by atoms with E-state index in [1.165, 1.54) is 0 Å². The summed E-state index contributed by atoms with van der Waals surface area (Å²) in [7, 11) is 1.90. The SMILES string of the molecule is CCc1ccccc1NC(=O)CN(C)Cc1c(C)nn(-c2ccccc2)c1Cl. The molecule has 1 N–H and O–H groups in total. The molecular formula is C22H25ClN4O. The number of rotatable bonds is 7. The Bertz CT molecular complexity index is 952. The predicted octanol–water partition coefficient (Wildman–Crippen LogP) is 4.47. The van der Waals surface area contributed by atoms with Crippen LogP contribution in [0.4, 0.5) is 5.69 Å². The van der Waals surface area contributed by atoms with Gasteiger partial charge in [-0.05, 0) is 44.2 Å². The van der Waals surface area contributed by atoms with Crippen molar-refractivity contribution in [2.45, 2.75) is 26.8 Å². The third-order valence-electron chi connectivity index (χ3n) is 4.64. The molecule has 0 spiro atoms. The highest BCUT2D eigenvalue weighted by Gasteiger charge is 2.17. The second-order valence-electron chi connectivity index (χ2n) is 6.83. The second kappa shape index (κ2) is 9.04. The molecule has 3 aromatic rings. The monoisotopic (exact) mass is 396 g/mol. The summed E-state index contributed by atoms with van der Waals surface area (Å²) in [4.78, 5) is 14.4. The molecule has 146 valence electrons. The lowest BCUT2D eigenvalue weighted by Crippen LogP contribution is -2.30. The predicted molar refractivity (Wildman–Crippen MR) is 114 cm³/mol. The molecule has 28 heavy (non-hydrogen) atoms. The largest absolute Gasteiger partial charge is 0.325 e. The highest BCUT2D eigenvalue weighted by Crippen LogP contribution is 2.24. The summed E-state index contributed by atoms with van der Waals surface area (Å²) in [5.74, 6) is -0.0485. The maximum absolute atomic E-state index is 12.5. The standard InChI is InChI=1S/C22H25ClN4O/c1-4-17-10-8-9-13-20(17)24-21(28)15-26(3)14-19-16(2)25-27(22(19)23)18-11-6-5-7-12-18/h5-13H,4,14-15H2,1-3H3,(H,24,28). The first-order chi connectivity index (χ1) is 13.5. The summed E-state index contributed by atoms with van der Waals surface area (Å²) in [5.41, 5.74) is 4.70. The number of hydrogen-bond donors (Lipinski definition) is 1. The van der Waals surface area contributed by atoms with Crippen molar-refractivity contribution in [3.63, 3.8) is 0 Å². The van der Waals surface area contributed by atoms with Gasteiger partial charge in [0.1, 0.15) is 5.15 Å². The Morgan fingerprint density at radius 2 is 1.82 bits per heavy atom. The maximum atomic E-state index is 12.5. The van der Waals surface area contributed by atoms with Crippen molar-refractivity contribution in [1.82, 2.24) is 14.7 Å². The Hall–Kier alpha value is -2.63. The van der Waals surface area contributed by atoms with Crippen LogP contribution in [0.15, 0.2) is 54.6 Å². The van der Waals surface area contributed by atoms with Crippen molar-refractivity contribution in [2.24, 2.45) is 0 Å². The van der Waals surface area contributed by atoms with Crippen molar-refractivity contribution < 1.29 is 4.79 Å². The molecule has 0 unspecified atom stereocenters. The zero-order valence-electron chi connectivity index (χ0n) is 16.4. The Morgan fingerprint density at radius 1 is 1.14 bits per heavy atom.